The molecule has 3 aromatic rings. The molecule has 2 unspecified atom stereocenters. The molecular formula is C19H20F2N2O2S. The van der Waals surface area contributed by atoms with Gasteiger partial charge in [-0.25, -0.2) is 8.78 Å². The number of aromatic nitrogens is 1. The molecule has 2 heterocycles. The quantitative estimate of drug-likeness (QED) is 0.710. The molecule has 138 valence electrons. The van der Waals surface area contributed by atoms with E-state index in [0.717, 1.165) is 17.5 Å². The van der Waals surface area contributed by atoms with Crippen LogP contribution in [0.5, 0.6) is 0 Å². The highest BCUT2D eigenvalue weighted by atomic mass is 32.2. The van der Waals surface area contributed by atoms with E-state index in [2.05, 4.69) is 0 Å². The Kier molecular flexibility index (Phi) is 4.43. The second-order valence-electron chi connectivity index (χ2n) is 7.15. The van der Waals surface area contributed by atoms with Gasteiger partial charge in [0.05, 0.1) is 18.7 Å². The second-order valence-corrected chi connectivity index (χ2v) is 8.72. The Bertz CT molecular complexity index is 914. The maximum Gasteiger partial charge on any atom is 0.127 e. The van der Waals surface area contributed by atoms with E-state index in [4.69, 9.17) is 0 Å². The summed E-state index contributed by atoms with van der Waals surface area (Å²) < 4.78 is 43.1. The monoisotopic (exact) mass is 378 g/mol. The summed E-state index contributed by atoms with van der Waals surface area (Å²) in [5, 5.41) is 12.2. The van der Waals surface area contributed by atoms with Gasteiger partial charge >= 0.3 is 0 Å². The van der Waals surface area contributed by atoms with Crippen molar-refractivity contribution in [1.82, 2.24) is 8.87 Å². The Labute approximate surface area is 153 Å². The van der Waals surface area contributed by atoms with Crippen molar-refractivity contribution in [2.75, 3.05) is 18.8 Å². The summed E-state index contributed by atoms with van der Waals surface area (Å²) in [5.41, 5.74) is 0.325. The lowest BCUT2D eigenvalue weighted by molar-refractivity contribution is 0.0276. The molecule has 0 spiro atoms. The smallest absolute Gasteiger partial charge is 0.127 e. The maximum atomic E-state index is 13.7. The Morgan fingerprint density at radius 3 is 2.15 bits per heavy atom. The summed E-state index contributed by atoms with van der Waals surface area (Å²) in [6, 6.07) is 8.78. The normalized spacial score (nSPS) is 20.9. The van der Waals surface area contributed by atoms with Gasteiger partial charge in [-0.2, -0.15) is 0 Å². The molecular weight excluding hydrogens is 358 g/mol. The van der Waals surface area contributed by atoms with Gasteiger partial charge in [-0.15, -0.1) is 4.31 Å². The van der Waals surface area contributed by atoms with Crippen LogP contribution in [-0.4, -0.2) is 43.0 Å². The van der Waals surface area contributed by atoms with Crippen LogP contribution in [0, 0.1) is 11.6 Å². The molecule has 1 aromatic heterocycles. The predicted octanol–water partition coefficient (Wildman–Crippen LogP) is 3.19. The van der Waals surface area contributed by atoms with Crippen LogP contribution >= 0.6 is 0 Å². The third kappa shape index (κ3) is 3.20. The van der Waals surface area contributed by atoms with E-state index < -0.39 is 17.0 Å². The first kappa shape index (κ1) is 17.7. The van der Waals surface area contributed by atoms with E-state index in [1.807, 2.05) is 4.57 Å². The van der Waals surface area contributed by atoms with Crippen LogP contribution in [0.3, 0.4) is 0 Å². The van der Waals surface area contributed by atoms with Crippen LogP contribution in [-0.2, 0) is 17.9 Å². The summed E-state index contributed by atoms with van der Waals surface area (Å²) >= 11 is -1.05. The van der Waals surface area contributed by atoms with Gasteiger partial charge < -0.3 is 14.2 Å². The summed E-state index contributed by atoms with van der Waals surface area (Å²) in [4.78, 5) is 0. The lowest BCUT2D eigenvalue weighted by Crippen LogP contribution is -2.44. The number of β-amino-alcohol motifs (C(OH)–C–C–N with tert-alkyl or cyclic N) is 1. The molecule has 2 atom stereocenters. The Balaban J connectivity index is 1.77. The van der Waals surface area contributed by atoms with E-state index in [0.29, 0.717) is 23.1 Å². The highest BCUT2D eigenvalue weighted by molar-refractivity contribution is 7.89. The molecule has 1 N–H and O–H groups in total. The van der Waals surface area contributed by atoms with E-state index in [1.165, 1.54) is 24.3 Å². The lowest BCUT2D eigenvalue weighted by Gasteiger charge is -2.29. The molecule has 1 fully saturated rings. The Morgan fingerprint density at radius 1 is 1.08 bits per heavy atom. The van der Waals surface area contributed by atoms with Crippen LogP contribution in [0.4, 0.5) is 8.78 Å². The van der Waals surface area contributed by atoms with Crippen LogP contribution in [0.15, 0.2) is 36.4 Å². The molecule has 7 heteroatoms. The van der Waals surface area contributed by atoms with Crippen LogP contribution in [0.25, 0.3) is 21.8 Å². The maximum absolute atomic E-state index is 13.7. The fraction of sp³-hybridized carbons (Fsp3) is 0.368. The van der Waals surface area contributed by atoms with E-state index in [1.54, 1.807) is 23.4 Å². The van der Waals surface area contributed by atoms with Gasteiger partial charge in [0.2, 0.25) is 0 Å². The minimum Gasteiger partial charge on any atom is -0.598 e. The predicted molar refractivity (Wildman–Crippen MR) is 99.2 cm³/mol. The van der Waals surface area contributed by atoms with Crippen LogP contribution in [0.2, 0.25) is 0 Å². The number of fused-ring (bicyclic) bond motifs is 3. The summed E-state index contributed by atoms with van der Waals surface area (Å²) in [6.07, 6.45) is 0.858. The van der Waals surface area contributed by atoms with Gasteiger partial charge in [-0.3, -0.25) is 0 Å². The third-order valence-electron chi connectivity index (χ3n) is 4.82. The van der Waals surface area contributed by atoms with Crippen molar-refractivity contribution in [3.8, 4) is 0 Å². The van der Waals surface area contributed by atoms with Crippen LogP contribution < -0.4 is 0 Å². The number of halogens is 2. The van der Waals surface area contributed by atoms with Crippen molar-refractivity contribution in [1.29, 1.82) is 0 Å². The van der Waals surface area contributed by atoms with Gasteiger partial charge in [0, 0.05) is 46.1 Å². The highest BCUT2D eigenvalue weighted by Gasteiger charge is 2.34. The fourth-order valence-electron chi connectivity index (χ4n) is 3.74. The minimum atomic E-state index is -1.14. The summed E-state index contributed by atoms with van der Waals surface area (Å²) in [6.45, 7) is 2.92. The minimum absolute atomic E-state index is 0.234. The van der Waals surface area contributed by atoms with Gasteiger partial charge in [0.25, 0.3) is 0 Å². The number of hydrogen-bond donors (Lipinski definition) is 1. The molecule has 0 amide bonds. The van der Waals surface area contributed by atoms with Crippen molar-refractivity contribution in [2.24, 2.45) is 0 Å². The van der Waals surface area contributed by atoms with Gasteiger partial charge in [-0.05, 0) is 43.3 Å². The topological polar surface area (TPSA) is 51.5 Å². The zero-order valence-corrected chi connectivity index (χ0v) is 15.2. The van der Waals surface area contributed by atoms with Crippen molar-refractivity contribution < 1.29 is 18.4 Å². The van der Waals surface area contributed by atoms with Crippen molar-refractivity contribution >= 4 is 33.2 Å². The fourth-order valence-corrected chi connectivity index (χ4v) is 5.12. The van der Waals surface area contributed by atoms with E-state index >= 15 is 0 Å². The number of hydrogen-bond acceptors (Lipinski definition) is 3. The first-order valence-corrected chi connectivity index (χ1v) is 9.84. The second kappa shape index (κ2) is 6.49. The molecule has 0 bridgehead atoms. The molecule has 0 aliphatic carbocycles. The molecule has 1 saturated heterocycles. The average molecular weight is 378 g/mol. The molecule has 0 radical (unpaired) electrons. The first-order valence-electron chi connectivity index (χ1n) is 8.57. The third-order valence-corrected chi connectivity index (χ3v) is 6.34. The van der Waals surface area contributed by atoms with E-state index in [9.17, 15) is 18.4 Å². The Hall–Kier alpha value is -1.67. The van der Waals surface area contributed by atoms with Crippen molar-refractivity contribution in [3.63, 3.8) is 0 Å². The van der Waals surface area contributed by atoms with Crippen LogP contribution in [0.1, 0.15) is 13.3 Å². The zero-order chi connectivity index (χ0) is 18.5. The lowest BCUT2D eigenvalue weighted by atomic mass is 10.1. The molecule has 1 aliphatic heterocycles. The molecule has 0 saturated carbocycles. The molecule has 2 aromatic carbocycles. The summed E-state index contributed by atoms with van der Waals surface area (Å²) in [5.74, 6) is -0.149. The first-order chi connectivity index (χ1) is 12.3. The van der Waals surface area contributed by atoms with Gasteiger partial charge in [0.15, 0.2) is 0 Å². The largest absolute Gasteiger partial charge is 0.598 e. The molecule has 1 aliphatic rings. The zero-order valence-electron chi connectivity index (χ0n) is 14.4. The number of aliphatic hydroxyl groups is 1. The highest BCUT2D eigenvalue weighted by Crippen LogP contribution is 2.32. The SMILES string of the molecule is CC(O)(CN1CCC[S+]1[O-])Cn1c2ccc(F)cc2c2cc(F)ccc21. The van der Waals surface area contributed by atoms with Gasteiger partial charge in [-0.1, -0.05) is 0 Å². The molecule has 4 rings (SSSR count). The summed E-state index contributed by atoms with van der Waals surface area (Å²) in [7, 11) is 0. The Morgan fingerprint density at radius 2 is 1.65 bits per heavy atom. The van der Waals surface area contributed by atoms with Gasteiger partial charge in [0.1, 0.15) is 17.4 Å². The number of rotatable bonds is 4. The van der Waals surface area contributed by atoms with Crippen molar-refractivity contribution in [3.05, 3.63) is 48.0 Å². The van der Waals surface area contributed by atoms with E-state index in [-0.39, 0.29) is 24.7 Å². The number of nitrogens with zero attached hydrogens (tertiary/aromatic N) is 2. The number of benzene rings is 2. The average Bonchev–Trinajstić information content (AvgIpc) is 3.09. The molecule has 4 nitrogen and oxygen atoms in total. The standard InChI is InChI=1S/C19H20F2N2O2S/c1-19(24,11-22-7-2-8-26(22)25)12-23-17-5-3-13(20)9-15(17)16-10-14(21)4-6-18(16)23/h3-6,9-10,24H,2,7-8,11-12H2,1H3. The molecule has 26 heavy (non-hydrogen) atoms. The van der Waals surface area contributed by atoms with Crippen molar-refractivity contribution in [2.45, 2.75) is 25.5 Å².